The highest BCUT2D eigenvalue weighted by molar-refractivity contribution is 9.10. The van der Waals surface area contributed by atoms with E-state index >= 15 is 0 Å². The first-order chi connectivity index (χ1) is 5.68. The first kappa shape index (κ1) is 8.99. The van der Waals surface area contributed by atoms with Crippen molar-refractivity contribution in [1.29, 1.82) is 0 Å². The van der Waals surface area contributed by atoms with Crippen LogP contribution >= 0.6 is 15.9 Å². The maximum absolute atomic E-state index is 10.5. The first-order valence-electron chi connectivity index (χ1n) is 3.32. The summed E-state index contributed by atoms with van der Waals surface area (Å²) in [5, 5.41) is 0. The van der Waals surface area contributed by atoms with Gasteiger partial charge in [-0.15, -0.1) is 0 Å². The van der Waals surface area contributed by atoms with Crippen LogP contribution in [0.25, 0.3) is 0 Å². The van der Waals surface area contributed by atoms with Gasteiger partial charge in [0, 0.05) is 17.6 Å². The number of halogens is 1. The third-order valence-electron chi connectivity index (χ3n) is 1.09. The normalized spacial score (nSPS) is 9.17. The second-order valence-electron chi connectivity index (χ2n) is 2.17. The monoisotopic (exact) mass is 229 g/mol. The zero-order valence-corrected chi connectivity index (χ0v) is 8.05. The van der Waals surface area contributed by atoms with Crippen LogP contribution in [0.1, 0.15) is 6.92 Å². The topological polar surface area (TPSA) is 54.0 Å². The van der Waals surface area contributed by atoms with E-state index in [1.54, 1.807) is 18.3 Å². The van der Waals surface area contributed by atoms with Crippen molar-refractivity contribution in [3.8, 4) is 0 Å². The average molecular weight is 230 g/mol. The number of pyridine rings is 1. The minimum absolute atomic E-state index is 0.156. The van der Waals surface area contributed by atoms with Gasteiger partial charge in [0.2, 0.25) is 5.91 Å². The van der Waals surface area contributed by atoms with Crippen molar-refractivity contribution in [3.63, 3.8) is 0 Å². The molecular weight excluding hydrogens is 222 g/mol. The maximum Gasteiger partial charge on any atom is 0.235 e. The fourth-order valence-corrected chi connectivity index (χ4v) is 0.960. The van der Waals surface area contributed by atoms with E-state index in [9.17, 15) is 4.79 Å². The molecule has 0 aliphatic carbocycles. The molecule has 1 amide bonds. The third kappa shape index (κ3) is 2.87. The van der Waals surface area contributed by atoms with Gasteiger partial charge < -0.3 is 0 Å². The summed E-state index contributed by atoms with van der Waals surface area (Å²) in [6.45, 7) is 1.42. The maximum atomic E-state index is 10.5. The summed E-state index contributed by atoms with van der Waals surface area (Å²) in [7, 11) is 0. The number of hydrogen-bond acceptors (Lipinski definition) is 3. The molecule has 4 nitrogen and oxygen atoms in total. The summed E-state index contributed by atoms with van der Waals surface area (Å²) in [5.74, 6) is 0.441. The Bertz CT molecular complexity index is 290. The highest BCUT2D eigenvalue weighted by Gasteiger charge is 1.93. The molecule has 1 rings (SSSR count). The van der Waals surface area contributed by atoms with Crippen molar-refractivity contribution in [3.05, 3.63) is 22.8 Å². The molecule has 1 aromatic rings. The molecule has 12 heavy (non-hydrogen) atoms. The van der Waals surface area contributed by atoms with Crippen molar-refractivity contribution in [2.24, 2.45) is 0 Å². The highest BCUT2D eigenvalue weighted by atomic mass is 79.9. The molecule has 2 N–H and O–H groups in total. The molecule has 1 heterocycles. The fraction of sp³-hybridized carbons (Fsp3) is 0.143. The number of carbonyl (C=O) groups excluding carboxylic acids is 1. The smallest absolute Gasteiger partial charge is 0.235 e. The Kier molecular flexibility index (Phi) is 3.04. The van der Waals surface area contributed by atoms with E-state index in [4.69, 9.17) is 0 Å². The lowest BCUT2D eigenvalue weighted by Gasteiger charge is -2.04. The molecule has 5 heteroatoms. The Morgan fingerprint density at radius 3 is 3.00 bits per heavy atom. The van der Waals surface area contributed by atoms with E-state index < -0.39 is 0 Å². The minimum Gasteiger partial charge on any atom is -0.282 e. The molecule has 0 saturated carbocycles. The Labute approximate surface area is 78.5 Å². The van der Waals surface area contributed by atoms with Crippen LogP contribution in [0, 0.1) is 0 Å². The molecule has 0 bridgehead atoms. The van der Waals surface area contributed by atoms with E-state index in [1.807, 2.05) is 0 Å². The quantitative estimate of drug-likeness (QED) is 0.753. The zero-order valence-electron chi connectivity index (χ0n) is 6.47. The van der Waals surface area contributed by atoms with E-state index in [1.165, 1.54) is 6.92 Å². The first-order valence-corrected chi connectivity index (χ1v) is 4.12. The van der Waals surface area contributed by atoms with Crippen molar-refractivity contribution < 1.29 is 4.79 Å². The molecule has 0 radical (unpaired) electrons. The predicted octanol–water partition coefficient (Wildman–Crippen LogP) is 1.31. The van der Waals surface area contributed by atoms with Gasteiger partial charge in [-0.3, -0.25) is 15.6 Å². The summed E-state index contributed by atoms with van der Waals surface area (Å²) in [4.78, 5) is 14.4. The van der Waals surface area contributed by atoms with E-state index in [0.717, 1.165) is 4.47 Å². The molecule has 0 saturated heterocycles. The fourth-order valence-electron chi connectivity index (χ4n) is 0.625. The molecule has 64 valence electrons. The Hall–Kier alpha value is -1.10. The number of amides is 1. The van der Waals surface area contributed by atoms with E-state index in [0.29, 0.717) is 5.82 Å². The lowest BCUT2D eigenvalue weighted by Crippen LogP contribution is -2.26. The van der Waals surface area contributed by atoms with Gasteiger partial charge in [0.1, 0.15) is 5.82 Å². The Morgan fingerprint density at radius 1 is 1.67 bits per heavy atom. The third-order valence-corrected chi connectivity index (χ3v) is 1.58. The largest absolute Gasteiger partial charge is 0.282 e. The number of hydrazine groups is 1. The minimum atomic E-state index is -0.156. The summed E-state index contributed by atoms with van der Waals surface area (Å²) >= 11 is 3.28. The van der Waals surface area contributed by atoms with Crippen LogP contribution in [-0.2, 0) is 4.79 Å². The van der Waals surface area contributed by atoms with Gasteiger partial charge in [0.25, 0.3) is 0 Å². The predicted molar refractivity (Wildman–Crippen MR) is 49.4 cm³/mol. The van der Waals surface area contributed by atoms with Crippen LogP contribution < -0.4 is 10.9 Å². The van der Waals surface area contributed by atoms with Crippen LogP contribution in [0.15, 0.2) is 22.8 Å². The molecule has 0 spiro atoms. The molecule has 0 unspecified atom stereocenters. The molecule has 1 aromatic heterocycles. The number of aromatic nitrogens is 1. The van der Waals surface area contributed by atoms with Crippen molar-refractivity contribution in [1.82, 2.24) is 10.4 Å². The van der Waals surface area contributed by atoms with Gasteiger partial charge in [-0.1, -0.05) is 15.9 Å². The zero-order chi connectivity index (χ0) is 8.97. The molecule has 0 fully saturated rings. The van der Waals surface area contributed by atoms with Crippen LogP contribution in [-0.4, -0.2) is 10.9 Å². The number of carbonyl (C=O) groups is 1. The summed E-state index contributed by atoms with van der Waals surface area (Å²) in [6.07, 6.45) is 1.63. The van der Waals surface area contributed by atoms with Crippen molar-refractivity contribution in [2.45, 2.75) is 6.92 Å². The highest BCUT2D eigenvalue weighted by Crippen LogP contribution is 2.11. The number of nitrogens with one attached hydrogen (secondary N) is 2. The summed E-state index contributed by atoms with van der Waals surface area (Å²) in [6, 6.07) is 3.56. The van der Waals surface area contributed by atoms with Gasteiger partial charge >= 0.3 is 0 Å². The van der Waals surface area contributed by atoms with Gasteiger partial charge in [0.15, 0.2) is 0 Å². The molecule has 0 aliphatic rings. The SMILES string of the molecule is CC(=O)NNc1cc(Br)ccn1. The number of hydrogen-bond donors (Lipinski definition) is 2. The van der Waals surface area contributed by atoms with Gasteiger partial charge in [-0.05, 0) is 12.1 Å². The molecular formula is C7H8BrN3O. The second-order valence-corrected chi connectivity index (χ2v) is 3.08. The number of nitrogens with zero attached hydrogens (tertiary/aromatic N) is 1. The van der Waals surface area contributed by atoms with Crippen molar-refractivity contribution >= 4 is 27.7 Å². The van der Waals surface area contributed by atoms with Crippen LogP contribution in [0.5, 0.6) is 0 Å². The number of anilines is 1. The van der Waals surface area contributed by atoms with E-state index in [2.05, 4.69) is 31.8 Å². The van der Waals surface area contributed by atoms with Crippen LogP contribution in [0.3, 0.4) is 0 Å². The molecule has 0 aromatic carbocycles. The van der Waals surface area contributed by atoms with Crippen molar-refractivity contribution in [2.75, 3.05) is 5.43 Å². The molecule has 0 aliphatic heterocycles. The summed E-state index contributed by atoms with van der Waals surface area (Å²) in [5.41, 5.74) is 5.06. The Morgan fingerprint density at radius 2 is 2.42 bits per heavy atom. The van der Waals surface area contributed by atoms with Crippen LogP contribution in [0.4, 0.5) is 5.82 Å². The Balaban J connectivity index is 2.57. The van der Waals surface area contributed by atoms with Crippen LogP contribution in [0.2, 0.25) is 0 Å². The average Bonchev–Trinajstić information content (AvgIpc) is 2.01. The van der Waals surface area contributed by atoms with E-state index in [-0.39, 0.29) is 5.91 Å². The molecule has 0 atom stereocenters. The number of rotatable bonds is 2. The van der Waals surface area contributed by atoms with Gasteiger partial charge in [0.05, 0.1) is 0 Å². The van der Waals surface area contributed by atoms with Gasteiger partial charge in [-0.2, -0.15) is 0 Å². The lowest BCUT2D eigenvalue weighted by molar-refractivity contribution is -0.118. The van der Waals surface area contributed by atoms with Gasteiger partial charge in [-0.25, -0.2) is 4.98 Å². The standard InChI is InChI=1S/C7H8BrN3O/c1-5(12)10-11-7-4-6(8)2-3-9-7/h2-4H,1H3,(H,9,11)(H,10,12). The summed E-state index contributed by atoms with van der Waals surface area (Å²) < 4.78 is 0.908. The second kappa shape index (κ2) is 4.06. The lowest BCUT2D eigenvalue weighted by atomic mass is 10.5.